The predicted molar refractivity (Wildman–Crippen MR) is 41.8 cm³/mol. The van der Waals surface area contributed by atoms with Crippen molar-refractivity contribution in [1.82, 2.24) is 0 Å². The number of phenolic OH excluding ortho intramolecular Hbond substituents is 1. The normalized spacial score (nSPS) is 9.80. The molecule has 0 radical (unpaired) electrons. The SMILES string of the molecule is CCN.Oc1ccc2cc1-2. The molecule has 54 valence electrons. The lowest BCUT2D eigenvalue weighted by Crippen LogP contribution is -1.87. The molecule has 0 heterocycles. The molecule has 0 amide bonds. The quantitative estimate of drug-likeness (QED) is 0.575. The first-order valence-electron chi connectivity index (χ1n) is 3.33. The smallest absolute Gasteiger partial charge is 0.123 e. The molecule has 0 aromatic rings. The Morgan fingerprint density at radius 1 is 1.50 bits per heavy atom. The summed E-state index contributed by atoms with van der Waals surface area (Å²) in [5.41, 5.74) is 7.07. The Hall–Kier alpha value is -1.02. The van der Waals surface area contributed by atoms with Crippen molar-refractivity contribution in [2.75, 3.05) is 6.54 Å². The van der Waals surface area contributed by atoms with Gasteiger partial charge in [-0.1, -0.05) is 13.0 Å². The van der Waals surface area contributed by atoms with E-state index >= 15 is 0 Å². The number of benzene rings is 1. The fraction of sp³-hybridized carbons (Fsp3) is 0.250. The molecule has 0 unspecified atom stereocenters. The Balaban J connectivity index is 0.000000148. The third kappa shape index (κ3) is 1.28. The summed E-state index contributed by atoms with van der Waals surface area (Å²) in [5, 5.41) is 8.78. The molecule has 10 heavy (non-hydrogen) atoms. The van der Waals surface area contributed by atoms with E-state index in [1.165, 1.54) is 5.56 Å². The summed E-state index contributed by atoms with van der Waals surface area (Å²) in [6.45, 7) is 2.65. The van der Waals surface area contributed by atoms with E-state index in [1.807, 2.05) is 19.1 Å². The average molecular weight is 137 g/mol. The van der Waals surface area contributed by atoms with Crippen LogP contribution >= 0.6 is 0 Å². The lowest BCUT2D eigenvalue weighted by atomic mass is 10.5. The first kappa shape index (κ1) is 7.09. The molecule has 2 rings (SSSR count). The largest absolute Gasteiger partial charge is 0.507 e. The average Bonchev–Trinajstić information content (AvgIpc) is 2.57. The third-order valence-corrected chi connectivity index (χ3v) is 1.22. The van der Waals surface area contributed by atoms with Gasteiger partial charge < -0.3 is 10.8 Å². The van der Waals surface area contributed by atoms with Gasteiger partial charge in [0.15, 0.2) is 0 Å². The zero-order valence-electron chi connectivity index (χ0n) is 5.96. The highest BCUT2D eigenvalue weighted by Crippen LogP contribution is 2.42. The molecule has 0 atom stereocenters. The molecule has 0 spiro atoms. The summed E-state index contributed by atoms with van der Waals surface area (Å²) in [4.78, 5) is 0. The first-order valence-corrected chi connectivity index (χ1v) is 3.33. The molecule has 0 aromatic carbocycles. The van der Waals surface area contributed by atoms with Crippen molar-refractivity contribution >= 4 is 0 Å². The molecule has 3 N–H and O–H groups in total. The van der Waals surface area contributed by atoms with Gasteiger partial charge in [-0.3, -0.25) is 0 Å². The minimum absolute atomic E-state index is 0.426. The predicted octanol–water partition coefficient (Wildman–Crippen LogP) is 1.34. The van der Waals surface area contributed by atoms with E-state index in [-0.39, 0.29) is 0 Å². The van der Waals surface area contributed by atoms with E-state index in [1.54, 1.807) is 6.07 Å². The van der Waals surface area contributed by atoms with Crippen molar-refractivity contribution in [2.24, 2.45) is 5.73 Å². The maximum atomic E-state index is 8.78. The molecule has 2 heteroatoms. The lowest BCUT2D eigenvalue weighted by molar-refractivity contribution is 0.480. The second kappa shape index (κ2) is 2.71. The van der Waals surface area contributed by atoms with E-state index < -0.39 is 0 Å². The van der Waals surface area contributed by atoms with Gasteiger partial charge >= 0.3 is 0 Å². The molecular weight excluding hydrogens is 126 g/mol. The number of hydrogen-bond donors (Lipinski definition) is 2. The van der Waals surface area contributed by atoms with Crippen LogP contribution in [0.3, 0.4) is 0 Å². The maximum Gasteiger partial charge on any atom is 0.123 e. The molecule has 0 aliphatic heterocycles. The van der Waals surface area contributed by atoms with E-state index in [9.17, 15) is 0 Å². The van der Waals surface area contributed by atoms with E-state index in [0.717, 1.165) is 12.1 Å². The van der Waals surface area contributed by atoms with Gasteiger partial charge in [0.25, 0.3) is 0 Å². The Morgan fingerprint density at radius 2 is 2.10 bits per heavy atom. The molecular formula is C8H11NO. The molecule has 2 nitrogen and oxygen atoms in total. The number of aromatic hydroxyl groups is 1. The number of phenols is 1. The van der Waals surface area contributed by atoms with E-state index in [4.69, 9.17) is 10.8 Å². The van der Waals surface area contributed by atoms with Crippen LogP contribution < -0.4 is 5.73 Å². The highest BCUT2D eigenvalue weighted by atomic mass is 16.3. The highest BCUT2D eigenvalue weighted by Gasteiger charge is 2.15. The van der Waals surface area contributed by atoms with Crippen molar-refractivity contribution in [3.05, 3.63) is 18.2 Å². The molecule has 0 saturated heterocycles. The molecule has 0 fully saturated rings. The van der Waals surface area contributed by atoms with Crippen LogP contribution in [0, 0.1) is 0 Å². The highest BCUT2D eigenvalue weighted by molar-refractivity contribution is 5.86. The summed E-state index contributed by atoms with van der Waals surface area (Å²) < 4.78 is 0. The maximum absolute atomic E-state index is 8.78. The Labute approximate surface area is 60.3 Å². The topological polar surface area (TPSA) is 46.2 Å². The van der Waals surface area contributed by atoms with Crippen LogP contribution in [0.1, 0.15) is 6.92 Å². The van der Waals surface area contributed by atoms with Crippen LogP contribution in [0.5, 0.6) is 5.75 Å². The molecule has 2 aliphatic rings. The number of rotatable bonds is 0. The molecule has 2 aliphatic carbocycles. The standard InChI is InChI=1S/C6H4O.C2H7N/c7-6-2-1-4-3-5(4)6;1-2-3/h1-3,7H;2-3H2,1H3. The Bertz CT molecular complexity index is 233. The third-order valence-electron chi connectivity index (χ3n) is 1.22. The summed E-state index contributed by atoms with van der Waals surface area (Å²) in [6.07, 6.45) is 0. The zero-order valence-corrected chi connectivity index (χ0v) is 5.96. The van der Waals surface area contributed by atoms with Gasteiger partial charge in [-0.15, -0.1) is 0 Å². The molecule has 0 saturated carbocycles. The fourth-order valence-corrected chi connectivity index (χ4v) is 0.738. The van der Waals surface area contributed by atoms with Gasteiger partial charge in [0, 0.05) is 5.56 Å². The summed E-state index contributed by atoms with van der Waals surface area (Å²) >= 11 is 0. The van der Waals surface area contributed by atoms with Crippen molar-refractivity contribution in [3.63, 3.8) is 0 Å². The van der Waals surface area contributed by atoms with Gasteiger partial charge in [0.1, 0.15) is 5.75 Å². The van der Waals surface area contributed by atoms with Crippen LogP contribution in [0.4, 0.5) is 0 Å². The van der Waals surface area contributed by atoms with Gasteiger partial charge in [-0.2, -0.15) is 0 Å². The second-order valence-electron chi connectivity index (χ2n) is 2.14. The minimum atomic E-state index is 0.426. The van der Waals surface area contributed by atoms with E-state index in [2.05, 4.69) is 0 Å². The van der Waals surface area contributed by atoms with Crippen molar-refractivity contribution in [3.8, 4) is 16.9 Å². The van der Waals surface area contributed by atoms with Crippen LogP contribution in [0.25, 0.3) is 11.1 Å². The van der Waals surface area contributed by atoms with Crippen molar-refractivity contribution in [2.45, 2.75) is 6.92 Å². The lowest BCUT2D eigenvalue weighted by Gasteiger charge is -1.72. The fourth-order valence-electron chi connectivity index (χ4n) is 0.738. The minimum Gasteiger partial charge on any atom is -0.507 e. The van der Waals surface area contributed by atoms with Gasteiger partial charge in [0.05, 0.1) is 0 Å². The zero-order chi connectivity index (χ0) is 7.56. The second-order valence-corrected chi connectivity index (χ2v) is 2.14. The summed E-state index contributed by atoms with van der Waals surface area (Å²) in [7, 11) is 0. The first-order chi connectivity index (χ1) is 4.79. The van der Waals surface area contributed by atoms with Crippen molar-refractivity contribution < 1.29 is 5.11 Å². The van der Waals surface area contributed by atoms with Gasteiger partial charge in [0.2, 0.25) is 0 Å². The monoisotopic (exact) mass is 137 g/mol. The number of nitrogens with two attached hydrogens (primary N) is 1. The molecule has 0 aromatic heterocycles. The summed E-state index contributed by atoms with van der Waals surface area (Å²) in [6, 6.07) is 5.57. The Morgan fingerprint density at radius 3 is 2.20 bits per heavy atom. The summed E-state index contributed by atoms with van der Waals surface area (Å²) in [5.74, 6) is 0.426. The number of hydrogen-bond acceptors (Lipinski definition) is 2. The molecule has 0 bridgehead atoms. The van der Waals surface area contributed by atoms with Crippen LogP contribution in [0.2, 0.25) is 0 Å². The van der Waals surface area contributed by atoms with Crippen LogP contribution in [-0.4, -0.2) is 11.7 Å². The number of fused-ring (bicyclic) bond motifs is 1. The van der Waals surface area contributed by atoms with Crippen LogP contribution in [-0.2, 0) is 0 Å². The van der Waals surface area contributed by atoms with Gasteiger partial charge in [-0.05, 0) is 24.2 Å². The van der Waals surface area contributed by atoms with Gasteiger partial charge in [-0.25, -0.2) is 0 Å². The van der Waals surface area contributed by atoms with E-state index in [0.29, 0.717) is 5.75 Å². The Kier molecular flexibility index (Phi) is 1.92. The van der Waals surface area contributed by atoms with Crippen LogP contribution in [0.15, 0.2) is 18.2 Å². The van der Waals surface area contributed by atoms with Crippen molar-refractivity contribution in [1.29, 1.82) is 0 Å².